The predicted molar refractivity (Wildman–Crippen MR) is 131 cm³/mol. The van der Waals surface area contributed by atoms with Gasteiger partial charge in [0.05, 0.1) is 12.2 Å². The number of H-pyrrole nitrogens is 1. The van der Waals surface area contributed by atoms with Crippen molar-refractivity contribution < 1.29 is 0 Å². The van der Waals surface area contributed by atoms with E-state index in [-0.39, 0.29) is 5.69 Å². The summed E-state index contributed by atoms with van der Waals surface area (Å²) >= 11 is 0. The summed E-state index contributed by atoms with van der Waals surface area (Å²) in [6.45, 7) is 3.48. The molecule has 0 saturated heterocycles. The number of benzene rings is 1. The predicted octanol–water partition coefficient (Wildman–Crippen LogP) is 4.47. The first-order valence-corrected chi connectivity index (χ1v) is 12.3. The molecule has 3 heterocycles. The largest absolute Gasteiger partial charge is 0.328 e. The molecule has 0 atom stereocenters. The quantitative estimate of drug-likeness (QED) is 0.421. The van der Waals surface area contributed by atoms with Crippen LogP contribution >= 0.6 is 0 Å². The first kappa shape index (κ1) is 22.3. The number of aromatic amines is 1. The summed E-state index contributed by atoms with van der Waals surface area (Å²) in [5.74, 6) is 1.24. The van der Waals surface area contributed by atoms with Crippen molar-refractivity contribution in [2.75, 3.05) is 0 Å². The number of hydrogen-bond donors (Lipinski definition) is 1. The van der Waals surface area contributed by atoms with E-state index >= 15 is 0 Å². The lowest BCUT2D eigenvalue weighted by Crippen LogP contribution is -2.28. The van der Waals surface area contributed by atoms with Gasteiger partial charge in [0.15, 0.2) is 5.82 Å². The van der Waals surface area contributed by atoms with Crippen molar-refractivity contribution in [3.63, 3.8) is 0 Å². The fourth-order valence-electron chi connectivity index (χ4n) is 5.04. The molecule has 0 bridgehead atoms. The lowest BCUT2D eigenvalue weighted by atomic mass is 9.89. The fourth-order valence-corrected chi connectivity index (χ4v) is 5.04. The van der Waals surface area contributed by atoms with Gasteiger partial charge in [-0.3, -0.25) is 14.1 Å². The molecule has 0 radical (unpaired) electrons. The zero-order valence-electron chi connectivity index (χ0n) is 19.7. The Kier molecular flexibility index (Phi) is 6.65. The molecule has 1 aliphatic rings. The summed E-state index contributed by atoms with van der Waals surface area (Å²) in [4.78, 5) is 18.0. The van der Waals surface area contributed by atoms with Crippen molar-refractivity contribution in [1.82, 2.24) is 34.7 Å². The molecule has 1 N–H and O–H groups in total. The van der Waals surface area contributed by atoms with Crippen LogP contribution in [0.25, 0.3) is 22.5 Å². The fraction of sp³-hybridized carbons (Fsp3) is 0.423. The van der Waals surface area contributed by atoms with E-state index in [9.17, 15) is 4.79 Å². The molecule has 1 aromatic carbocycles. The van der Waals surface area contributed by atoms with Crippen LogP contribution in [0.5, 0.6) is 0 Å². The van der Waals surface area contributed by atoms with Gasteiger partial charge in [0.2, 0.25) is 0 Å². The Balaban J connectivity index is 1.39. The first-order valence-electron chi connectivity index (χ1n) is 12.3. The summed E-state index contributed by atoms with van der Waals surface area (Å²) < 4.78 is 3.85. The monoisotopic (exact) mass is 457 g/mol. The molecule has 8 nitrogen and oxygen atoms in total. The van der Waals surface area contributed by atoms with Gasteiger partial charge in [0.1, 0.15) is 0 Å². The van der Waals surface area contributed by atoms with Gasteiger partial charge in [-0.05, 0) is 47.2 Å². The SMILES string of the molecule is CCCc1cn(CC2CCCCC2)c(=O)n1Cc1ccc(-c2ccccc2-c2nnn[nH]2)cn1. The van der Waals surface area contributed by atoms with Gasteiger partial charge >= 0.3 is 5.69 Å². The van der Waals surface area contributed by atoms with Crippen LogP contribution in [0.2, 0.25) is 0 Å². The number of aryl methyl sites for hydroxylation is 1. The van der Waals surface area contributed by atoms with Crippen LogP contribution in [-0.4, -0.2) is 34.7 Å². The topological polar surface area (TPSA) is 94.3 Å². The normalized spacial score (nSPS) is 14.5. The molecular formula is C26H31N7O. The van der Waals surface area contributed by atoms with Crippen molar-refractivity contribution in [1.29, 1.82) is 0 Å². The maximum atomic E-state index is 13.3. The second kappa shape index (κ2) is 10.2. The third-order valence-electron chi connectivity index (χ3n) is 6.80. The van der Waals surface area contributed by atoms with E-state index in [2.05, 4.69) is 39.8 Å². The van der Waals surface area contributed by atoms with Crippen LogP contribution in [-0.2, 0) is 19.5 Å². The van der Waals surface area contributed by atoms with Crippen molar-refractivity contribution in [3.05, 3.63) is 70.7 Å². The Labute approximate surface area is 199 Å². The number of hydrogen-bond acceptors (Lipinski definition) is 5. The molecule has 5 rings (SSSR count). The average Bonchev–Trinajstić information content (AvgIpc) is 3.51. The maximum Gasteiger partial charge on any atom is 0.328 e. The highest BCUT2D eigenvalue weighted by molar-refractivity contribution is 5.79. The Morgan fingerprint density at radius 1 is 1.06 bits per heavy atom. The van der Waals surface area contributed by atoms with E-state index < -0.39 is 0 Å². The number of aromatic nitrogens is 7. The number of nitrogens with zero attached hydrogens (tertiary/aromatic N) is 6. The van der Waals surface area contributed by atoms with Gasteiger partial charge in [-0.1, -0.05) is 62.9 Å². The van der Waals surface area contributed by atoms with Crippen molar-refractivity contribution >= 4 is 0 Å². The average molecular weight is 458 g/mol. The highest BCUT2D eigenvalue weighted by Gasteiger charge is 2.18. The number of tetrazole rings is 1. The molecule has 0 aliphatic heterocycles. The third-order valence-corrected chi connectivity index (χ3v) is 6.80. The van der Waals surface area contributed by atoms with Crippen LogP contribution in [0, 0.1) is 5.92 Å². The molecule has 0 amide bonds. The van der Waals surface area contributed by atoms with Gasteiger partial charge in [0.25, 0.3) is 0 Å². The minimum atomic E-state index is 0.0862. The zero-order valence-corrected chi connectivity index (χ0v) is 19.7. The second-order valence-corrected chi connectivity index (χ2v) is 9.23. The molecule has 8 heteroatoms. The lowest BCUT2D eigenvalue weighted by molar-refractivity contribution is 0.315. The summed E-state index contributed by atoms with van der Waals surface area (Å²) in [5, 5.41) is 14.3. The second-order valence-electron chi connectivity index (χ2n) is 9.23. The van der Waals surface area contributed by atoms with Gasteiger partial charge in [0, 0.05) is 35.8 Å². The highest BCUT2D eigenvalue weighted by Crippen LogP contribution is 2.29. The smallest absolute Gasteiger partial charge is 0.299 e. The molecule has 0 unspecified atom stereocenters. The lowest BCUT2D eigenvalue weighted by Gasteiger charge is -2.21. The molecule has 1 fully saturated rings. The van der Waals surface area contributed by atoms with Crippen molar-refractivity contribution in [2.45, 2.75) is 65.0 Å². The Morgan fingerprint density at radius 2 is 1.88 bits per heavy atom. The molecule has 176 valence electrons. The summed E-state index contributed by atoms with van der Waals surface area (Å²) in [6, 6.07) is 12.0. The van der Waals surface area contributed by atoms with E-state index in [0.717, 1.165) is 47.5 Å². The van der Waals surface area contributed by atoms with E-state index in [1.807, 2.05) is 45.7 Å². The molecular weight excluding hydrogens is 426 g/mol. The van der Waals surface area contributed by atoms with Gasteiger partial charge in [-0.2, -0.15) is 0 Å². The van der Waals surface area contributed by atoms with Crippen LogP contribution in [0.15, 0.2) is 53.6 Å². The minimum Gasteiger partial charge on any atom is -0.299 e. The minimum absolute atomic E-state index is 0.0862. The van der Waals surface area contributed by atoms with E-state index in [1.165, 1.54) is 32.1 Å². The highest BCUT2D eigenvalue weighted by atomic mass is 16.1. The standard InChI is InChI=1S/C26H31N7O/c1-2-8-22-18-32(16-19-9-4-3-5-10-19)26(34)33(22)17-21-14-13-20(15-27-21)23-11-6-7-12-24(23)25-28-30-31-29-25/h6-7,11-15,18-19H,2-5,8-10,16-17H2,1H3,(H,28,29,30,31). The molecule has 3 aromatic heterocycles. The van der Waals surface area contributed by atoms with E-state index in [4.69, 9.17) is 4.98 Å². The van der Waals surface area contributed by atoms with Crippen molar-refractivity contribution in [2.24, 2.45) is 5.92 Å². The summed E-state index contributed by atoms with van der Waals surface area (Å²) in [7, 11) is 0. The molecule has 1 saturated carbocycles. The van der Waals surface area contributed by atoms with Crippen LogP contribution in [0.1, 0.15) is 56.8 Å². The number of rotatable bonds is 8. The zero-order chi connectivity index (χ0) is 23.3. The van der Waals surface area contributed by atoms with Crippen LogP contribution < -0.4 is 5.69 Å². The van der Waals surface area contributed by atoms with Gasteiger partial charge < -0.3 is 0 Å². The Hall–Kier alpha value is -3.55. The molecule has 34 heavy (non-hydrogen) atoms. The summed E-state index contributed by atoms with van der Waals surface area (Å²) in [6.07, 6.45) is 12.2. The summed E-state index contributed by atoms with van der Waals surface area (Å²) in [5.41, 5.74) is 4.95. The van der Waals surface area contributed by atoms with E-state index in [1.54, 1.807) is 0 Å². The van der Waals surface area contributed by atoms with Gasteiger partial charge in [-0.15, -0.1) is 5.10 Å². The number of nitrogens with one attached hydrogen (secondary N) is 1. The number of imidazole rings is 1. The van der Waals surface area contributed by atoms with E-state index in [0.29, 0.717) is 18.3 Å². The molecule has 4 aromatic rings. The molecule has 0 spiro atoms. The first-order chi connectivity index (χ1) is 16.7. The number of pyridine rings is 1. The van der Waals surface area contributed by atoms with Crippen LogP contribution in [0.4, 0.5) is 0 Å². The van der Waals surface area contributed by atoms with Crippen LogP contribution in [0.3, 0.4) is 0 Å². The van der Waals surface area contributed by atoms with Crippen molar-refractivity contribution in [3.8, 4) is 22.5 Å². The maximum absolute atomic E-state index is 13.3. The third kappa shape index (κ3) is 4.71. The van der Waals surface area contributed by atoms with Gasteiger partial charge in [-0.25, -0.2) is 9.89 Å². The molecule has 1 aliphatic carbocycles. The Morgan fingerprint density at radius 3 is 2.59 bits per heavy atom. The Bertz CT molecular complexity index is 1270.